The Hall–Kier alpha value is -1.66. The van der Waals surface area contributed by atoms with Gasteiger partial charge in [-0.15, -0.1) is 12.3 Å². The summed E-state index contributed by atoms with van der Waals surface area (Å²) in [4.78, 5) is 0. The Labute approximate surface area is 109 Å². The Balaban J connectivity index is 2.73. The van der Waals surface area contributed by atoms with Crippen molar-refractivity contribution in [3.05, 3.63) is 23.8 Å². The molecule has 0 bridgehead atoms. The van der Waals surface area contributed by atoms with Crippen LogP contribution in [0.4, 0.5) is 0 Å². The third-order valence-corrected chi connectivity index (χ3v) is 2.93. The van der Waals surface area contributed by atoms with Crippen molar-refractivity contribution in [1.82, 2.24) is 5.32 Å². The predicted octanol–water partition coefficient (Wildman–Crippen LogP) is 2.60. The lowest BCUT2D eigenvalue weighted by Gasteiger charge is -2.16. The van der Waals surface area contributed by atoms with E-state index in [0.717, 1.165) is 36.4 Å². The molecule has 1 unspecified atom stereocenters. The summed E-state index contributed by atoms with van der Waals surface area (Å²) >= 11 is 0. The van der Waals surface area contributed by atoms with E-state index in [9.17, 15) is 0 Å². The van der Waals surface area contributed by atoms with Gasteiger partial charge in [0.1, 0.15) is 11.5 Å². The van der Waals surface area contributed by atoms with Crippen LogP contribution >= 0.6 is 0 Å². The molecule has 18 heavy (non-hydrogen) atoms. The number of methoxy groups -OCH3 is 2. The third kappa shape index (κ3) is 3.97. The highest BCUT2D eigenvalue weighted by molar-refractivity contribution is 5.40. The van der Waals surface area contributed by atoms with Gasteiger partial charge in [-0.25, -0.2) is 0 Å². The summed E-state index contributed by atoms with van der Waals surface area (Å²) in [6, 6.07) is 6.12. The molecule has 1 aromatic carbocycles. The fraction of sp³-hybridized carbons (Fsp3) is 0.467. The van der Waals surface area contributed by atoms with Crippen LogP contribution in [-0.4, -0.2) is 20.3 Å². The standard InChI is InChI=1S/C15H21NO2/c1-5-7-13(6-2)16-11-12-10-14(17-3)8-9-15(12)18-4/h1,8-10,13,16H,6-7,11H2,2-4H3. The highest BCUT2D eigenvalue weighted by Gasteiger charge is 2.08. The quantitative estimate of drug-likeness (QED) is 0.751. The van der Waals surface area contributed by atoms with Crippen molar-refractivity contribution in [2.24, 2.45) is 0 Å². The van der Waals surface area contributed by atoms with Gasteiger partial charge >= 0.3 is 0 Å². The first-order chi connectivity index (χ1) is 8.74. The van der Waals surface area contributed by atoms with Crippen LogP contribution in [0.3, 0.4) is 0 Å². The van der Waals surface area contributed by atoms with Gasteiger partial charge in [0.05, 0.1) is 14.2 Å². The van der Waals surface area contributed by atoms with E-state index >= 15 is 0 Å². The lowest BCUT2D eigenvalue weighted by atomic mass is 10.1. The molecule has 0 fully saturated rings. The van der Waals surface area contributed by atoms with Crippen LogP contribution < -0.4 is 14.8 Å². The maximum Gasteiger partial charge on any atom is 0.123 e. The fourth-order valence-electron chi connectivity index (χ4n) is 1.78. The summed E-state index contributed by atoms with van der Waals surface area (Å²) in [6.07, 6.45) is 7.09. The molecule has 0 aliphatic rings. The van der Waals surface area contributed by atoms with Crippen LogP contribution in [0.15, 0.2) is 18.2 Å². The van der Waals surface area contributed by atoms with E-state index in [1.165, 1.54) is 0 Å². The minimum absolute atomic E-state index is 0.339. The van der Waals surface area contributed by atoms with Crippen LogP contribution in [0, 0.1) is 12.3 Å². The van der Waals surface area contributed by atoms with Gasteiger partial charge in [-0.3, -0.25) is 0 Å². The topological polar surface area (TPSA) is 30.5 Å². The second kappa shape index (κ2) is 7.62. The Bertz CT molecular complexity index is 409. The zero-order valence-corrected chi connectivity index (χ0v) is 11.3. The van der Waals surface area contributed by atoms with Crippen molar-refractivity contribution < 1.29 is 9.47 Å². The first-order valence-corrected chi connectivity index (χ1v) is 6.12. The maximum absolute atomic E-state index is 5.34. The van der Waals surface area contributed by atoms with Gasteiger partial charge in [0.2, 0.25) is 0 Å². The first kappa shape index (κ1) is 14.4. The number of terminal acetylenes is 1. The minimum Gasteiger partial charge on any atom is -0.497 e. The molecule has 0 spiro atoms. The molecule has 1 atom stereocenters. The van der Waals surface area contributed by atoms with Gasteiger partial charge in [-0.2, -0.15) is 0 Å². The van der Waals surface area contributed by atoms with Gasteiger partial charge in [0.15, 0.2) is 0 Å². The molecule has 1 aromatic rings. The summed E-state index contributed by atoms with van der Waals surface area (Å²) in [5.41, 5.74) is 1.08. The van der Waals surface area contributed by atoms with E-state index in [-0.39, 0.29) is 0 Å². The van der Waals surface area contributed by atoms with Gasteiger partial charge in [-0.05, 0) is 24.6 Å². The average molecular weight is 247 g/mol. The number of hydrogen-bond acceptors (Lipinski definition) is 3. The van der Waals surface area contributed by atoms with E-state index < -0.39 is 0 Å². The van der Waals surface area contributed by atoms with E-state index in [2.05, 4.69) is 18.2 Å². The van der Waals surface area contributed by atoms with E-state index in [1.54, 1.807) is 14.2 Å². The van der Waals surface area contributed by atoms with Crippen LogP contribution in [0.2, 0.25) is 0 Å². The molecule has 0 aliphatic heterocycles. The lowest BCUT2D eigenvalue weighted by molar-refractivity contribution is 0.394. The molecule has 98 valence electrons. The second-order valence-electron chi connectivity index (χ2n) is 4.07. The summed E-state index contributed by atoms with van der Waals surface area (Å²) in [5, 5.41) is 3.43. The molecular formula is C15H21NO2. The smallest absolute Gasteiger partial charge is 0.123 e. The van der Waals surface area contributed by atoms with Crippen LogP contribution in [0.5, 0.6) is 11.5 Å². The zero-order valence-electron chi connectivity index (χ0n) is 11.3. The molecule has 0 saturated heterocycles. The predicted molar refractivity (Wildman–Crippen MR) is 73.9 cm³/mol. The van der Waals surface area contributed by atoms with E-state index in [0.29, 0.717) is 6.04 Å². The molecular weight excluding hydrogens is 226 g/mol. The zero-order chi connectivity index (χ0) is 13.4. The van der Waals surface area contributed by atoms with Gasteiger partial charge in [0.25, 0.3) is 0 Å². The Morgan fingerprint density at radius 3 is 2.67 bits per heavy atom. The van der Waals surface area contributed by atoms with Crippen molar-refractivity contribution >= 4 is 0 Å². The Kier molecular flexibility index (Phi) is 6.10. The minimum atomic E-state index is 0.339. The lowest BCUT2D eigenvalue weighted by Crippen LogP contribution is -2.27. The molecule has 0 saturated carbocycles. The van der Waals surface area contributed by atoms with Gasteiger partial charge < -0.3 is 14.8 Å². The van der Waals surface area contributed by atoms with Crippen molar-refractivity contribution in [3.8, 4) is 23.8 Å². The van der Waals surface area contributed by atoms with Crippen molar-refractivity contribution in [2.45, 2.75) is 32.4 Å². The number of benzene rings is 1. The van der Waals surface area contributed by atoms with Crippen LogP contribution in [-0.2, 0) is 6.54 Å². The molecule has 0 amide bonds. The number of nitrogens with one attached hydrogen (secondary N) is 1. The largest absolute Gasteiger partial charge is 0.497 e. The van der Waals surface area contributed by atoms with Crippen LogP contribution in [0.25, 0.3) is 0 Å². The monoisotopic (exact) mass is 247 g/mol. The highest BCUT2D eigenvalue weighted by atomic mass is 16.5. The van der Waals surface area contributed by atoms with Gasteiger partial charge in [0, 0.05) is 24.6 Å². The third-order valence-electron chi connectivity index (χ3n) is 2.93. The maximum atomic E-state index is 5.34. The van der Waals surface area contributed by atoms with Gasteiger partial charge in [-0.1, -0.05) is 6.92 Å². The van der Waals surface area contributed by atoms with E-state index in [4.69, 9.17) is 15.9 Å². The summed E-state index contributed by atoms with van der Waals surface area (Å²) in [5.74, 6) is 4.38. The summed E-state index contributed by atoms with van der Waals surface area (Å²) in [6.45, 7) is 2.85. The molecule has 0 aromatic heterocycles. The number of hydrogen-bond donors (Lipinski definition) is 1. The number of ether oxygens (including phenoxy) is 2. The molecule has 0 radical (unpaired) electrons. The van der Waals surface area contributed by atoms with Crippen molar-refractivity contribution in [2.75, 3.05) is 14.2 Å². The second-order valence-corrected chi connectivity index (χ2v) is 4.07. The Morgan fingerprint density at radius 1 is 1.33 bits per heavy atom. The van der Waals surface area contributed by atoms with Crippen molar-refractivity contribution in [1.29, 1.82) is 0 Å². The molecule has 0 aliphatic carbocycles. The average Bonchev–Trinajstić information content (AvgIpc) is 2.43. The normalized spacial score (nSPS) is 11.7. The highest BCUT2D eigenvalue weighted by Crippen LogP contribution is 2.23. The summed E-state index contributed by atoms with van der Waals surface area (Å²) < 4.78 is 10.6. The van der Waals surface area contributed by atoms with Crippen LogP contribution in [0.1, 0.15) is 25.3 Å². The number of rotatable bonds is 7. The van der Waals surface area contributed by atoms with Crippen molar-refractivity contribution in [3.63, 3.8) is 0 Å². The first-order valence-electron chi connectivity index (χ1n) is 6.12. The molecule has 0 heterocycles. The fourth-order valence-corrected chi connectivity index (χ4v) is 1.78. The van der Waals surface area contributed by atoms with E-state index in [1.807, 2.05) is 18.2 Å². The molecule has 3 nitrogen and oxygen atoms in total. The SMILES string of the molecule is C#CCC(CC)NCc1cc(OC)ccc1OC. The molecule has 1 rings (SSSR count). The molecule has 1 N–H and O–H groups in total. The molecule has 3 heteroatoms. The summed E-state index contributed by atoms with van der Waals surface area (Å²) in [7, 11) is 3.33. The Morgan fingerprint density at radius 2 is 2.11 bits per heavy atom.